The highest BCUT2D eigenvalue weighted by atomic mass is 31.2. The summed E-state index contributed by atoms with van der Waals surface area (Å²) in [4.78, 5) is 56.6. The van der Waals surface area contributed by atoms with Crippen molar-refractivity contribution >= 4 is 43.8 Å². The molecule has 3 aliphatic rings. The predicted molar refractivity (Wildman–Crippen MR) is 142 cm³/mol. The smallest absolute Gasteiger partial charge is 0.387 e. The van der Waals surface area contributed by atoms with E-state index in [-0.39, 0.29) is 29.2 Å². The minimum Gasteiger partial charge on any atom is -0.387 e. The van der Waals surface area contributed by atoms with Crippen LogP contribution in [0.5, 0.6) is 0 Å². The van der Waals surface area contributed by atoms with Crippen LogP contribution < -0.4 is 11.3 Å². The number of H-pyrrole nitrogens is 1. The quantitative estimate of drug-likeness (QED) is 0.168. The normalized spacial score (nSPS) is 36.6. The summed E-state index contributed by atoms with van der Waals surface area (Å²) >= 11 is 0. The van der Waals surface area contributed by atoms with Crippen LogP contribution in [0.1, 0.15) is 24.7 Å². The lowest BCUT2D eigenvalue weighted by Crippen LogP contribution is -2.35. The summed E-state index contributed by atoms with van der Waals surface area (Å²) in [5.74, 6) is 0.361. The Bertz CT molecular complexity index is 1900. The summed E-state index contributed by atoms with van der Waals surface area (Å²) < 4.78 is 62.0. The number of aliphatic hydroxyl groups is 1. The Balaban J connectivity index is 1.19. The van der Waals surface area contributed by atoms with E-state index in [4.69, 9.17) is 33.3 Å². The molecular weight excluding hydrogens is 632 g/mol. The average molecular weight is 657 g/mol. The number of imidazole rings is 2. The first-order valence-corrected chi connectivity index (χ1v) is 16.0. The molecule has 3 fully saturated rings. The molecule has 0 aliphatic carbocycles. The van der Waals surface area contributed by atoms with E-state index in [9.17, 15) is 28.8 Å². The Morgan fingerprint density at radius 3 is 2.43 bits per heavy atom. The van der Waals surface area contributed by atoms with Crippen LogP contribution in [0.4, 0.5) is 5.82 Å². The summed E-state index contributed by atoms with van der Waals surface area (Å²) in [5.41, 5.74) is 5.87. The second kappa shape index (κ2) is 10.7. The number of nitrogens with one attached hydrogen (secondary N) is 1. The number of aliphatic hydroxyl groups excluding tert-OH is 1. The van der Waals surface area contributed by atoms with Crippen molar-refractivity contribution in [1.29, 1.82) is 0 Å². The standard InChI is InChI=1S/C21H25N9O12P2/c1-8-27-19-14(20(32)28-8)26-7-30(19)21-16-15(31)11(40-21)4-38-43(33,34)41-9-2-12(39-10(9)3-37-44(35,36)42-16)29-6-25-13-17(22)23-5-24-18(13)29/h5-7,9-12,15-16,21,31H,2-4H2,1H3,(H,33,34)(H,35,36)(H2,22,23,24)(H,27,28,32)/t9-,10+,11+,12+,15+,16+,21+/m0/s1. The number of anilines is 1. The Kier molecular flexibility index (Phi) is 7.18. The molecule has 3 aliphatic heterocycles. The Labute approximate surface area is 245 Å². The second-order valence-corrected chi connectivity index (χ2v) is 13.0. The molecule has 2 unspecified atom stereocenters. The molecule has 3 saturated heterocycles. The minimum atomic E-state index is -4.99. The molecule has 9 atom stereocenters. The number of nitrogen functional groups attached to an aromatic ring is 1. The summed E-state index contributed by atoms with van der Waals surface area (Å²) in [6, 6.07) is 0. The highest BCUT2D eigenvalue weighted by Gasteiger charge is 2.52. The number of aryl methyl sites for hydroxylation is 1. The molecule has 6 N–H and O–H groups in total. The van der Waals surface area contributed by atoms with E-state index in [1.807, 2.05) is 0 Å². The van der Waals surface area contributed by atoms with Gasteiger partial charge >= 0.3 is 15.6 Å². The number of nitrogens with two attached hydrogens (primary N) is 1. The van der Waals surface area contributed by atoms with Crippen LogP contribution in [-0.2, 0) is 36.7 Å². The van der Waals surface area contributed by atoms with Crippen LogP contribution in [0.3, 0.4) is 0 Å². The number of phosphoric acid groups is 2. The maximum Gasteiger partial charge on any atom is 0.472 e. The fourth-order valence-corrected chi connectivity index (χ4v) is 7.24. The molecule has 236 valence electrons. The fraction of sp³-hybridized carbons (Fsp3) is 0.524. The third-order valence-electron chi connectivity index (χ3n) is 7.34. The van der Waals surface area contributed by atoms with Crippen molar-refractivity contribution in [3.63, 3.8) is 0 Å². The molecule has 0 amide bonds. The van der Waals surface area contributed by atoms with Gasteiger partial charge in [0.2, 0.25) is 0 Å². The Hall–Kier alpha value is -3.20. The Morgan fingerprint density at radius 1 is 0.932 bits per heavy atom. The Morgan fingerprint density at radius 2 is 1.64 bits per heavy atom. The second-order valence-electron chi connectivity index (χ2n) is 10.2. The molecule has 2 bridgehead atoms. The van der Waals surface area contributed by atoms with Gasteiger partial charge < -0.3 is 35.1 Å². The largest absolute Gasteiger partial charge is 0.472 e. The van der Waals surface area contributed by atoms with Gasteiger partial charge in [0.15, 0.2) is 28.9 Å². The molecule has 0 saturated carbocycles. The van der Waals surface area contributed by atoms with Crippen molar-refractivity contribution in [2.24, 2.45) is 0 Å². The van der Waals surface area contributed by atoms with E-state index in [1.54, 1.807) is 0 Å². The monoisotopic (exact) mass is 657 g/mol. The zero-order valence-electron chi connectivity index (χ0n) is 22.5. The number of ether oxygens (including phenoxy) is 2. The molecule has 4 aromatic heterocycles. The van der Waals surface area contributed by atoms with Crippen LogP contribution in [0.15, 0.2) is 23.8 Å². The molecule has 7 heterocycles. The highest BCUT2D eigenvalue weighted by molar-refractivity contribution is 7.47. The summed E-state index contributed by atoms with van der Waals surface area (Å²) in [6.45, 7) is 0.174. The number of nitrogens with zero attached hydrogens (tertiary/aromatic N) is 7. The summed E-state index contributed by atoms with van der Waals surface area (Å²) in [7, 11) is -9.84. The topological polar surface area (TPSA) is 283 Å². The van der Waals surface area contributed by atoms with E-state index in [0.29, 0.717) is 11.2 Å². The first-order valence-electron chi connectivity index (χ1n) is 13.1. The van der Waals surface area contributed by atoms with Gasteiger partial charge in [-0.3, -0.25) is 32.0 Å². The molecule has 0 aromatic carbocycles. The first-order chi connectivity index (χ1) is 20.9. The zero-order chi connectivity index (χ0) is 31.0. The van der Waals surface area contributed by atoms with E-state index in [0.717, 1.165) is 0 Å². The molecule has 7 rings (SSSR count). The maximum atomic E-state index is 13.2. The van der Waals surface area contributed by atoms with Crippen molar-refractivity contribution in [2.45, 2.75) is 56.3 Å². The van der Waals surface area contributed by atoms with Crippen molar-refractivity contribution < 1.29 is 51.6 Å². The number of fused-ring (bicyclic) bond motifs is 5. The van der Waals surface area contributed by atoms with Gasteiger partial charge in [0.05, 0.1) is 25.9 Å². The van der Waals surface area contributed by atoms with Gasteiger partial charge in [-0.1, -0.05) is 0 Å². The van der Waals surface area contributed by atoms with Crippen LogP contribution in [0.2, 0.25) is 0 Å². The van der Waals surface area contributed by atoms with Gasteiger partial charge in [-0.15, -0.1) is 0 Å². The third kappa shape index (κ3) is 5.25. The maximum absolute atomic E-state index is 13.2. The van der Waals surface area contributed by atoms with Gasteiger partial charge in [0.1, 0.15) is 54.4 Å². The number of aromatic amines is 1. The molecule has 4 aromatic rings. The average Bonchev–Trinajstić information content (AvgIpc) is 3.72. The van der Waals surface area contributed by atoms with Gasteiger partial charge in [-0.25, -0.2) is 34.0 Å². The molecule has 0 radical (unpaired) electrons. The van der Waals surface area contributed by atoms with Crippen LogP contribution in [0, 0.1) is 6.92 Å². The van der Waals surface area contributed by atoms with Crippen molar-refractivity contribution in [3.8, 4) is 0 Å². The molecular formula is C21H25N9O12P2. The molecule has 44 heavy (non-hydrogen) atoms. The van der Waals surface area contributed by atoms with Crippen molar-refractivity contribution in [2.75, 3.05) is 18.9 Å². The van der Waals surface area contributed by atoms with Crippen molar-refractivity contribution in [1.82, 2.24) is 39.0 Å². The fourth-order valence-electron chi connectivity index (χ4n) is 5.35. The minimum absolute atomic E-state index is 0.0249. The molecule has 23 heteroatoms. The van der Waals surface area contributed by atoms with Gasteiger partial charge in [0, 0.05) is 6.42 Å². The third-order valence-corrected chi connectivity index (χ3v) is 9.34. The number of hydrogen-bond donors (Lipinski definition) is 5. The van der Waals surface area contributed by atoms with Gasteiger partial charge in [-0.05, 0) is 6.92 Å². The lowest BCUT2D eigenvalue weighted by atomic mass is 10.1. The number of hydrogen-bond acceptors (Lipinski definition) is 16. The first kappa shape index (κ1) is 29.5. The van der Waals surface area contributed by atoms with E-state index in [2.05, 4.69) is 29.9 Å². The lowest BCUT2D eigenvalue weighted by Gasteiger charge is -2.25. The van der Waals surface area contributed by atoms with Crippen LogP contribution in [0.25, 0.3) is 22.3 Å². The van der Waals surface area contributed by atoms with E-state index in [1.165, 1.54) is 35.0 Å². The van der Waals surface area contributed by atoms with Gasteiger partial charge in [0.25, 0.3) is 5.56 Å². The summed E-state index contributed by atoms with van der Waals surface area (Å²) in [5, 5.41) is 11.0. The van der Waals surface area contributed by atoms with Crippen LogP contribution in [-0.4, -0.2) is 97.7 Å². The molecule has 0 spiro atoms. The zero-order valence-corrected chi connectivity index (χ0v) is 24.3. The predicted octanol–water partition coefficient (Wildman–Crippen LogP) is -0.586. The number of aromatic nitrogens is 8. The molecule has 21 nitrogen and oxygen atoms in total. The number of phosphoric ester groups is 2. The highest BCUT2D eigenvalue weighted by Crippen LogP contribution is 2.53. The van der Waals surface area contributed by atoms with Crippen molar-refractivity contribution in [3.05, 3.63) is 35.2 Å². The lowest BCUT2D eigenvalue weighted by molar-refractivity contribution is -0.0670. The van der Waals surface area contributed by atoms with E-state index >= 15 is 0 Å². The SMILES string of the molecule is Cc1nc2c(ncn2[C@@H]2O[C@@H]3COP(=O)(O)O[C@H]4C[C@H](n5cnc6c(N)ncnc65)O[C@@H]4COP(=O)(O)O[C@@H]2[C@@H]3O)c(=O)[nH]1. The van der Waals surface area contributed by atoms with Gasteiger partial charge in [-0.2, -0.15) is 0 Å². The van der Waals surface area contributed by atoms with E-state index < -0.39 is 77.4 Å². The van der Waals surface area contributed by atoms with Crippen LogP contribution >= 0.6 is 15.6 Å². The summed E-state index contributed by atoms with van der Waals surface area (Å²) in [6.07, 6.45) is -5.59. The number of rotatable bonds is 2.